The van der Waals surface area contributed by atoms with Crippen LogP contribution in [0.5, 0.6) is 0 Å². The highest BCUT2D eigenvalue weighted by molar-refractivity contribution is 6.01. The molecular formula is C28H32N4O4. The fourth-order valence-electron chi connectivity index (χ4n) is 4.46. The van der Waals surface area contributed by atoms with E-state index in [1.165, 1.54) is 16.3 Å². The number of carbonyl (C=O) groups excluding carboxylic acids is 3. The van der Waals surface area contributed by atoms with E-state index in [9.17, 15) is 14.4 Å². The second kappa shape index (κ2) is 10.8. The zero-order chi connectivity index (χ0) is 25.7. The van der Waals surface area contributed by atoms with Gasteiger partial charge in [0.2, 0.25) is 5.91 Å². The van der Waals surface area contributed by atoms with Crippen molar-refractivity contribution in [1.29, 1.82) is 0 Å². The van der Waals surface area contributed by atoms with Crippen molar-refractivity contribution in [2.24, 2.45) is 0 Å². The molecule has 0 saturated carbocycles. The van der Waals surface area contributed by atoms with Gasteiger partial charge in [-0.05, 0) is 44.7 Å². The Morgan fingerprint density at radius 3 is 2.50 bits per heavy atom. The van der Waals surface area contributed by atoms with Crippen molar-refractivity contribution >= 4 is 17.8 Å². The summed E-state index contributed by atoms with van der Waals surface area (Å²) in [6.07, 6.45) is 1.47. The van der Waals surface area contributed by atoms with Gasteiger partial charge in [0.15, 0.2) is 5.69 Å². The van der Waals surface area contributed by atoms with Crippen LogP contribution in [0.3, 0.4) is 0 Å². The molecule has 8 heteroatoms. The molecule has 8 nitrogen and oxygen atoms in total. The molecule has 36 heavy (non-hydrogen) atoms. The predicted molar refractivity (Wildman–Crippen MR) is 135 cm³/mol. The molecule has 0 spiro atoms. The number of aryl methyl sites for hydroxylation is 2. The fraction of sp³-hybridized carbons (Fsp3) is 0.357. The third-order valence-corrected chi connectivity index (χ3v) is 6.54. The molecule has 1 aliphatic heterocycles. The standard InChI is InChI=1S/C28H32N4O4/c1-4-36-26(34)23-17-24-25(33)31(16-8-11-21-9-6-5-7-10-21)28(3,19-32(24)30-23)27(35)29-18-22-14-12-20(2)13-15-22/h5-7,9-10,12-15,17H,4,8,11,16,18-19H2,1-3H3,(H,29,35)/t28-/m1/s1. The van der Waals surface area contributed by atoms with Crippen molar-refractivity contribution in [1.82, 2.24) is 20.0 Å². The Bertz CT molecular complexity index is 1240. The number of hydrogen-bond acceptors (Lipinski definition) is 5. The van der Waals surface area contributed by atoms with Gasteiger partial charge >= 0.3 is 5.97 Å². The van der Waals surface area contributed by atoms with Gasteiger partial charge < -0.3 is 15.0 Å². The Balaban J connectivity index is 1.57. The Morgan fingerprint density at radius 2 is 1.81 bits per heavy atom. The molecule has 2 aromatic carbocycles. The van der Waals surface area contributed by atoms with Crippen molar-refractivity contribution in [3.05, 3.63) is 88.7 Å². The van der Waals surface area contributed by atoms with Crippen molar-refractivity contribution in [3.63, 3.8) is 0 Å². The second-order valence-corrected chi connectivity index (χ2v) is 9.28. The summed E-state index contributed by atoms with van der Waals surface area (Å²) in [5, 5.41) is 7.30. The number of carbonyl (C=O) groups is 3. The largest absolute Gasteiger partial charge is 0.461 e. The highest BCUT2D eigenvalue weighted by Crippen LogP contribution is 2.28. The molecule has 0 unspecified atom stereocenters. The highest BCUT2D eigenvalue weighted by Gasteiger charge is 2.47. The summed E-state index contributed by atoms with van der Waals surface area (Å²) >= 11 is 0. The number of hydrogen-bond donors (Lipinski definition) is 1. The van der Waals surface area contributed by atoms with E-state index in [-0.39, 0.29) is 36.4 Å². The minimum Gasteiger partial charge on any atom is -0.461 e. The molecule has 1 aromatic heterocycles. The third kappa shape index (κ3) is 5.32. The molecule has 1 aliphatic rings. The van der Waals surface area contributed by atoms with Gasteiger partial charge in [-0.25, -0.2) is 4.79 Å². The number of rotatable bonds is 9. The maximum atomic E-state index is 13.6. The van der Waals surface area contributed by atoms with Crippen LogP contribution >= 0.6 is 0 Å². The van der Waals surface area contributed by atoms with Crippen molar-refractivity contribution in [2.45, 2.75) is 52.2 Å². The topological polar surface area (TPSA) is 93.5 Å². The molecule has 1 N–H and O–H groups in total. The van der Waals surface area contributed by atoms with Crippen LogP contribution in [0.25, 0.3) is 0 Å². The number of fused-ring (bicyclic) bond motifs is 1. The number of nitrogens with zero attached hydrogens (tertiary/aromatic N) is 3. The van der Waals surface area contributed by atoms with E-state index >= 15 is 0 Å². The summed E-state index contributed by atoms with van der Waals surface area (Å²) in [7, 11) is 0. The van der Waals surface area contributed by atoms with E-state index in [4.69, 9.17) is 4.74 Å². The smallest absolute Gasteiger partial charge is 0.358 e. The zero-order valence-corrected chi connectivity index (χ0v) is 21.0. The van der Waals surface area contributed by atoms with Gasteiger partial charge in [-0.15, -0.1) is 0 Å². The molecule has 4 rings (SSSR count). The lowest BCUT2D eigenvalue weighted by molar-refractivity contribution is -0.133. The van der Waals surface area contributed by atoms with Gasteiger partial charge in [0.05, 0.1) is 13.2 Å². The lowest BCUT2D eigenvalue weighted by atomic mass is 9.94. The monoisotopic (exact) mass is 488 g/mol. The van der Waals surface area contributed by atoms with Gasteiger partial charge in [-0.1, -0.05) is 60.2 Å². The molecular weight excluding hydrogens is 456 g/mol. The fourth-order valence-corrected chi connectivity index (χ4v) is 4.46. The Kier molecular flexibility index (Phi) is 7.52. The lowest BCUT2D eigenvalue weighted by Gasteiger charge is -2.43. The summed E-state index contributed by atoms with van der Waals surface area (Å²) in [4.78, 5) is 41.1. The number of esters is 1. The molecule has 188 valence electrons. The first-order chi connectivity index (χ1) is 17.3. The maximum absolute atomic E-state index is 13.6. The van der Waals surface area contributed by atoms with E-state index in [2.05, 4.69) is 10.4 Å². The maximum Gasteiger partial charge on any atom is 0.358 e. The van der Waals surface area contributed by atoms with Crippen molar-refractivity contribution in [3.8, 4) is 0 Å². The Labute approximate surface area is 211 Å². The van der Waals surface area contributed by atoms with Crippen LogP contribution in [0.4, 0.5) is 0 Å². The number of nitrogens with one attached hydrogen (secondary N) is 1. The molecule has 2 heterocycles. The first kappa shape index (κ1) is 25.2. The average Bonchev–Trinajstić information content (AvgIpc) is 3.30. The van der Waals surface area contributed by atoms with E-state index in [1.807, 2.05) is 61.5 Å². The average molecular weight is 489 g/mol. The molecule has 0 bridgehead atoms. The second-order valence-electron chi connectivity index (χ2n) is 9.28. The van der Waals surface area contributed by atoms with Crippen LogP contribution in [-0.2, 0) is 29.0 Å². The predicted octanol–water partition coefficient (Wildman–Crippen LogP) is 3.53. The summed E-state index contributed by atoms with van der Waals surface area (Å²) in [5.41, 5.74) is 2.45. The first-order valence-electron chi connectivity index (χ1n) is 12.3. The minimum absolute atomic E-state index is 0.0637. The van der Waals surface area contributed by atoms with Crippen LogP contribution in [0.2, 0.25) is 0 Å². The van der Waals surface area contributed by atoms with Crippen LogP contribution in [0.15, 0.2) is 60.7 Å². The van der Waals surface area contributed by atoms with Crippen LogP contribution < -0.4 is 5.32 Å². The quantitative estimate of drug-likeness (QED) is 0.465. The number of ether oxygens (including phenoxy) is 1. The van der Waals surface area contributed by atoms with Gasteiger partial charge in [-0.3, -0.25) is 14.3 Å². The Morgan fingerprint density at radius 1 is 1.08 bits per heavy atom. The normalized spacial score (nSPS) is 17.0. The summed E-state index contributed by atoms with van der Waals surface area (Å²) in [6.45, 7) is 6.56. The van der Waals surface area contributed by atoms with Gasteiger partial charge in [-0.2, -0.15) is 5.10 Å². The van der Waals surface area contributed by atoms with Crippen molar-refractivity contribution in [2.75, 3.05) is 13.2 Å². The van der Waals surface area contributed by atoms with Gasteiger partial charge in [0.1, 0.15) is 11.2 Å². The molecule has 2 amide bonds. The SMILES string of the molecule is CCOC(=O)c1cc2n(n1)C[C@](C)(C(=O)NCc1ccc(C)cc1)N(CCCc1ccccc1)C2=O. The minimum atomic E-state index is -1.18. The molecule has 0 aliphatic carbocycles. The van der Waals surface area contributed by atoms with Gasteiger partial charge in [0.25, 0.3) is 5.91 Å². The Hall–Kier alpha value is -3.94. The molecule has 0 fully saturated rings. The van der Waals surface area contributed by atoms with Crippen LogP contribution in [0.1, 0.15) is 57.9 Å². The molecule has 0 radical (unpaired) electrons. The van der Waals surface area contributed by atoms with E-state index < -0.39 is 11.5 Å². The number of amides is 2. The van der Waals surface area contributed by atoms with Gasteiger partial charge in [0, 0.05) is 19.2 Å². The summed E-state index contributed by atoms with van der Waals surface area (Å²) in [6, 6.07) is 19.4. The molecule has 0 saturated heterocycles. The van der Waals surface area contributed by atoms with Crippen molar-refractivity contribution < 1.29 is 19.1 Å². The number of aromatic nitrogens is 2. The highest BCUT2D eigenvalue weighted by atomic mass is 16.5. The van der Waals surface area contributed by atoms with Crippen LogP contribution in [-0.4, -0.2) is 51.2 Å². The summed E-state index contributed by atoms with van der Waals surface area (Å²) in [5.74, 6) is -1.19. The number of benzene rings is 2. The first-order valence-corrected chi connectivity index (χ1v) is 12.3. The van der Waals surface area contributed by atoms with E-state index in [0.717, 1.165) is 17.5 Å². The zero-order valence-electron chi connectivity index (χ0n) is 21.0. The van der Waals surface area contributed by atoms with E-state index in [1.54, 1.807) is 18.7 Å². The third-order valence-electron chi connectivity index (χ3n) is 6.54. The molecule has 3 aromatic rings. The van der Waals surface area contributed by atoms with Crippen LogP contribution in [0, 0.1) is 6.92 Å². The molecule has 1 atom stereocenters. The summed E-state index contributed by atoms with van der Waals surface area (Å²) < 4.78 is 6.51. The lowest BCUT2D eigenvalue weighted by Crippen LogP contribution is -2.64. The van der Waals surface area contributed by atoms with E-state index in [0.29, 0.717) is 19.5 Å².